The Morgan fingerprint density at radius 1 is 0.860 bits per heavy atom. The van der Waals surface area contributed by atoms with Gasteiger partial charge in [-0.2, -0.15) is 0 Å². The Morgan fingerprint density at radius 3 is 2.12 bits per heavy atom. The zero-order valence-corrected chi connectivity index (χ0v) is 23.1. The van der Waals surface area contributed by atoms with Gasteiger partial charge in [-0.15, -0.1) is 0 Å². The zero-order chi connectivity index (χ0) is 30.6. The minimum atomic E-state index is -1.60. The molecular weight excluding hydrogens is 560 g/mol. The number of benzene rings is 2. The fourth-order valence-corrected chi connectivity index (χ4v) is 5.20. The highest BCUT2D eigenvalue weighted by Gasteiger charge is 2.46. The highest BCUT2D eigenvalue weighted by atomic mass is 16.7. The van der Waals surface area contributed by atoms with Crippen molar-refractivity contribution in [2.24, 2.45) is 15.3 Å². The smallest absolute Gasteiger partial charge is 0.410 e. The Morgan fingerprint density at radius 2 is 1.47 bits per heavy atom. The Hall–Kier alpha value is -4.52. The van der Waals surface area contributed by atoms with Gasteiger partial charge in [0.05, 0.1) is 43.0 Å². The summed E-state index contributed by atoms with van der Waals surface area (Å²) < 4.78 is 17.8. The van der Waals surface area contributed by atoms with Crippen molar-refractivity contribution in [3.05, 3.63) is 103 Å². The normalized spacial score (nSPS) is 28.3. The number of aliphatic hydroxyl groups is 2. The van der Waals surface area contributed by atoms with E-state index in [1.807, 2.05) is 60.7 Å². The molecule has 0 unspecified atom stereocenters. The molecule has 1 amide bonds. The summed E-state index contributed by atoms with van der Waals surface area (Å²) in [6.07, 6.45) is -6.03. The molecule has 0 spiro atoms. The zero-order valence-electron chi connectivity index (χ0n) is 23.1. The molecule has 0 bridgehead atoms. The van der Waals surface area contributed by atoms with Crippen LogP contribution in [0.15, 0.2) is 76.0 Å². The monoisotopic (exact) mass is 592 g/mol. The molecule has 2 N–H and O–H groups in total. The average Bonchev–Trinajstić information content (AvgIpc) is 3.02. The predicted molar refractivity (Wildman–Crippen MR) is 152 cm³/mol. The summed E-state index contributed by atoms with van der Waals surface area (Å²) >= 11 is 0. The number of carbonyl (C=O) groups is 1. The third-order valence-corrected chi connectivity index (χ3v) is 7.36. The lowest BCUT2D eigenvalue weighted by Crippen LogP contribution is -2.58. The lowest BCUT2D eigenvalue weighted by Gasteiger charge is -2.43. The molecular formula is C27H32N10O6. The topological polar surface area (TPSA) is 235 Å². The van der Waals surface area contributed by atoms with Crippen LogP contribution in [0.1, 0.15) is 30.4 Å². The van der Waals surface area contributed by atoms with Gasteiger partial charge in [0, 0.05) is 21.3 Å². The van der Waals surface area contributed by atoms with Gasteiger partial charge < -0.3 is 29.3 Å². The van der Waals surface area contributed by atoms with Gasteiger partial charge in [-0.1, -0.05) is 76.0 Å². The average molecular weight is 593 g/mol. The predicted octanol–water partition coefficient (Wildman–Crippen LogP) is 4.88. The fraction of sp³-hybridized carbons (Fsp3) is 0.519. The minimum Gasteiger partial charge on any atom is -0.445 e. The molecule has 2 aliphatic rings. The van der Waals surface area contributed by atoms with Crippen LogP contribution >= 0.6 is 0 Å². The quantitative estimate of drug-likeness (QED) is 0.209. The first-order valence-corrected chi connectivity index (χ1v) is 13.7. The molecule has 0 aromatic heterocycles. The molecule has 43 heavy (non-hydrogen) atoms. The van der Waals surface area contributed by atoms with Crippen LogP contribution in [-0.4, -0.2) is 76.6 Å². The van der Waals surface area contributed by atoms with Crippen LogP contribution in [-0.2, 0) is 27.4 Å². The van der Waals surface area contributed by atoms with E-state index in [2.05, 4.69) is 30.1 Å². The second-order valence-electron chi connectivity index (χ2n) is 10.2. The number of nitrogens with zero attached hydrogens (tertiary/aromatic N) is 10. The van der Waals surface area contributed by atoms with Crippen LogP contribution in [0.25, 0.3) is 31.3 Å². The van der Waals surface area contributed by atoms with Gasteiger partial charge in [-0.3, -0.25) is 0 Å². The first kappa shape index (κ1) is 31.4. The first-order chi connectivity index (χ1) is 20.9. The van der Waals surface area contributed by atoms with E-state index in [0.29, 0.717) is 12.8 Å². The number of hydrogen-bond donors (Lipinski definition) is 2. The van der Waals surface area contributed by atoms with Crippen molar-refractivity contribution >= 4 is 6.09 Å². The summed E-state index contributed by atoms with van der Waals surface area (Å²) in [5.41, 5.74) is 28.7. The maximum atomic E-state index is 13.2. The van der Waals surface area contributed by atoms with E-state index in [0.717, 1.165) is 11.1 Å². The van der Waals surface area contributed by atoms with Gasteiger partial charge in [0.15, 0.2) is 6.29 Å². The van der Waals surface area contributed by atoms with Crippen LogP contribution in [0.3, 0.4) is 0 Å². The third kappa shape index (κ3) is 8.51. The Bertz CT molecular complexity index is 1350. The summed E-state index contributed by atoms with van der Waals surface area (Å²) in [5, 5.41) is 32.3. The molecule has 226 valence electrons. The van der Waals surface area contributed by atoms with Crippen molar-refractivity contribution in [1.82, 2.24) is 4.90 Å². The number of carbonyl (C=O) groups excluding carboxylic acids is 1. The highest BCUT2D eigenvalue weighted by molar-refractivity contribution is 5.67. The van der Waals surface area contributed by atoms with E-state index < -0.39 is 54.9 Å². The molecule has 8 atom stereocenters. The molecule has 1 saturated carbocycles. The van der Waals surface area contributed by atoms with Gasteiger partial charge >= 0.3 is 6.09 Å². The van der Waals surface area contributed by atoms with Crippen molar-refractivity contribution in [3.63, 3.8) is 0 Å². The van der Waals surface area contributed by atoms with E-state index >= 15 is 0 Å². The van der Waals surface area contributed by atoms with Gasteiger partial charge in [0.25, 0.3) is 0 Å². The summed E-state index contributed by atoms with van der Waals surface area (Å²) in [6, 6.07) is 15.8. The van der Waals surface area contributed by atoms with Crippen LogP contribution in [0, 0.1) is 0 Å². The van der Waals surface area contributed by atoms with E-state index in [1.165, 1.54) is 4.90 Å². The molecule has 1 heterocycles. The van der Waals surface area contributed by atoms with Crippen molar-refractivity contribution in [3.8, 4) is 0 Å². The van der Waals surface area contributed by atoms with Crippen molar-refractivity contribution in [1.29, 1.82) is 0 Å². The fourth-order valence-electron chi connectivity index (χ4n) is 5.20. The summed E-state index contributed by atoms with van der Waals surface area (Å²) in [6.45, 7) is 0.438. The molecule has 4 rings (SSSR count). The Labute approximate surface area is 246 Å². The third-order valence-electron chi connectivity index (χ3n) is 7.36. The molecule has 1 aliphatic carbocycles. The first-order valence-electron chi connectivity index (χ1n) is 13.7. The number of rotatable bonds is 11. The summed E-state index contributed by atoms with van der Waals surface area (Å²) in [5.74, 6) is 0. The van der Waals surface area contributed by atoms with Crippen LogP contribution < -0.4 is 0 Å². The number of amides is 1. The molecule has 2 aromatic rings. The molecule has 0 radical (unpaired) electrons. The molecule has 2 fully saturated rings. The molecule has 1 aliphatic heterocycles. The van der Waals surface area contributed by atoms with E-state index in [-0.39, 0.29) is 26.1 Å². The van der Waals surface area contributed by atoms with Gasteiger partial charge in [0.1, 0.15) is 12.7 Å². The number of hydrogen-bond acceptors (Lipinski definition) is 9. The second-order valence-corrected chi connectivity index (χ2v) is 10.2. The Balaban J connectivity index is 1.50. The Kier molecular flexibility index (Phi) is 11.4. The van der Waals surface area contributed by atoms with Crippen LogP contribution in [0.4, 0.5) is 4.79 Å². The lowest BCUT2D eigenvalue weighted by atomic mass is 9.84. The van der Waals surface area contributed by atoms with Gasteiger partial charge in [0.2, 0.25) is 0 Å². The number of aliphatic hydroxyl groups excluding tert-OH is 2. The molecule has 16 heteroatoms. The van der Waals surface area contributed by atoms with E-state index in [4.69, 9.17) is 30.8 Å². The van der Waals surface area contributed by atoms with Gasteiger partial charge in [-0.25, -0.2) is 4.79 Å². The van der Waals surface area contributed by atoms with Crippen molar-refractivity contribution in [2.75, 3.05) is 6.54 Å². The number of ether oxygens (including phenoxy) is 3. The summed E-state index contributed by atoms with van der Waals surface area (Å²) in [7, 11) is 0. The van der Waals surface area contributed by atoms with E-state index in [9.17, 15) is 15.0 Å². The SMILES string of the molecule is [N-]=[N+]=N[C@H]1C[C@@H](N=[N+]=[N-])[C@H](O)[C@@H](O)[C@@H]1O[C@H]1O[C@H](CN(Cc2ccccc2)C(=O)OCc2ccccc2)CC[C@H]1N=[N+]=[N-]. The van der Waals surface area contributed by atoms with Crippen molar-refractivity contribution in [2.45, 2.75) is 81.2 Å². The minimum absolute atomic E-state index is 0.0840. The second kappa shape index (κ2) is 15.6. The number of azide groups is 3. The standard InChI is InChI=1S/C27H32N10O6/c28-34-31-20-12-11-19(42-26(20)43-25-22(33-36-30)13-21(32-35-29)23(38)24(25)39)15-37(14-17-7-3-1-4-8-17)27(40)41-16-18-9-5-2-6-10-18/h1-10,19-26,38-39H,11-16H2/t19-,20+,21+,22-,23-,24+,25+,26+/m0/s1. The maximum absolute atomic E-state index is 13.2. The van der Waals surface area contributed by atoms with Crippen LogP contribution in [0.5, 0.6) is 0 Å². The molecule has 2 aromatic carbocycles. The molecule has 1 saturated heterocycles. The van der Waals surface area contributed by atoms with E-state index in [1.54, 1.807) is 0 Å². The van der Waals surface area contributed by atoms with Crippen LogP contribution in [0.2, 0.25) is 0 Å². The van der Waals surface area contributed by atoms with Crippen molar-refractivity contribution < 1.29 is 29.2 Å². The largest absolute Gasteiger partial charge is 0.445 e. The molecule has 16 nitrogen and oxygen atoms in total. The summed E-state index contributed by atoms with van der Waals surface area (Å²) in [4.78, 5) is 23.1. The van der Waals surface area contributed by atoms with Gasteiger partial charge in [-0.05, 0) is 47.0 Å². The highest BCUT2D eigenvalue weighted by Crippen LogP contribution is 2.32. The lowest BCUT2D eigenvalue weighted by molar-refractivity contribution is -0.254. The maximum Gasteiger partial charge on any atom is 0.410 e.